The quantitative estimate of drug-likeness (QED) is 0.801. The van der Waals surface area contributed by atoms with Crippen LogP contribution in [0.4, 0.5) is 0 Å². The molecular weight excluding hydrogens is 276 g/mol. The van der Waals surface area contributed by atoms with Crippen LogP contribution in [0.5, 0.6) is 0 Å². The van der Waals surface area contributed by atoms with Gasteiger partial charge in [0.2, 0.25) is 0 Å². The molecule has 3 rings (SSSR count). The molecule has 0 N–H and O–H groups in total. The molecule has 5 nitrogen and oxygen atoms in total. The monoisotopic (exact) mass is 296 g/mol. The van der Waals surface area contributed by atoms with Crippen molar-refractivity contribution in [3.8, 4) is 0 Å². The zero-order valence-corrected chi connectivity index (χ0v) is 13.2. The molecular formula is C17H20N4O. The first kappa shape index (κ1) is 14.5. The van der Waals surface area contributed by atoms with E-state index in [1.165, 1.54) is 0 Å². The van der Waals surface area contributed by atoms with Crippen molar-refractivity contribution in [2.45, 2.75) is 19.8 Å². The van der Waals surface area contributed by atoms with Crippen molar-refractivity contribution in [2.75, 3.05) is 0 Å². The zero-order valence-electron chi connectivity index (χ0n) is 13.2. The predicted octanol–water partition coefficient (Wildman–Crippen LogP) is 2.62. The second kappa shape index (κ2) is 5.75. The summed E-state index contributed by atoms with van der Waals surface area (Å²) in [7, 11) is 3.77. The Bertz CT molecular complexity index is 701. The minimum absolute atomic E-state index is 0.139. The maximum absolute atomic E-state index is 12.8. The van der Waals surface area contributed by atoms with Crippen molar-refractivity contribution in [3.05, 3.63) is 47.1 Å². The Morgan fingerprint density at radius 2 is 1.45 bits per heavy atom. The fourth-order valence-corrected chi connectivity index (χ4v) is 2.87. The summed E-state index contributed by atoms with van der Waals surface area (Å²) in [5, 5.41) is 8.30. The van der Waals surface area contributed by atoms with Gasteiger partial charge < -0.3 is 0 Å². The van der Waals surface area contributed by atoms with Crippen LogP contribution in [0.15, 0.2) is 35.7 Å². The van der Waals surface area contributed by atoms with Crippen molar-refractivity contribution in [2.24, 2.45) is 20.0 Å². The fourth-order valence-electron chi connectivity index (χ4n) is 2.87. The Labute approximate surface area is 129 Å². The van der Waals surface area contributed by atoms with Gasteiger partial charge in [-0.1, -0.05) is 6.92 Å². The topological polar surface area (TPSA) is 52.7 Å². The second-order valence-corrected chi connectivity index (χ2v) is 5.94. The third-order valence-electron chi connectivity index (χ3n) is 4.08. The Morgan fingerprint density at radius 1 is 1.00 bits per heavy atom. The Balaban J connectivity index is 1.96. The summed E-state index contributed by atoms with van der Waals surface area (Å²) in [5.41, 5.74) is 3.63. The van der Waals surface area contributed by atoms with E-state index in [1.54, 1.807) is 21.8 Å². The second-order valence-electron chi connectivity index (χ2n) is 5.94. The molecule has 5 heteroatoms. The summed E-state index contributed by atoms with van der Waals surface area (Å²) in [6.45, 7) is 2.18. The van der Waals surface area contributed by atoms with Gasteiger partial charge in [0, 0.05) is 37.6 Å². The molecule has 1 saturated carbocycles. The Morgan fingerprint density at radius 3 is 1.82 bits per heavy atom. The van der Waals surface area contributed by atoms with Crippen molar-refractivity contribution < 1.29 is 4.79 Å². The fraction of sp³-hybridized carbons (Fsp3) is 0.353. The molecule has 0 saturated heterocycles. The van der Waals surface area contributed by atoms with Gasteiger partial charge in [0.15, 0.2) is 5.78 Å². The molecule has 0 amide bonds. The lowest BCUT2D eigenvalue weighted by Gasteiger charge is -2.22. The van der Waals surface area contributed by atoms with Crippen LogP contribution >= 0.6 is 0 Å². The number of carbonyl (C=O) groups excluding carboxylic acids is 1. The highest BCUT2D eigenvalue weighted by molar-refractivity contribution is 6.13. The van der Waals surface area contributed by atoms with E-state index in [2.05, 4.69) is 17.1 Å². The number of hydrogen-bond acceptors (Lipinski definition) is 3. The molecule has 0 bridgehead atoms. The number of allylic oxidation sites excluding steroid dienone is 2. The number of aryl methyl sites for hydroxylation is 2. The molecule has 114 valence electrons. The van der Waals surface area contributed by atoms with Crippen LogP contribution in [0.1, 0.15) is 31.2 Å². The number of hydrogen-bond donors (Lipinski definition) is 0. The summed E-state index contributed by atoms with van der Waals surface area (Å²) in [6.07, 6.45) is 9.04. The third kappa shape index (κ3) is 2.79. The van der Waals surface area contributed by atoms with Crippen molar-refractivity contribution in [1.29, 1.82) is 0 Å². The summed E-state index contributed by atoms with van der Waals surface area (Å²) >= 11 is 0. The van der Waals surface area contributed by atoms with E-state index in [0.29, 0.717) is 5.92 Å². The van der Waals surface area contributed by atoms with Crippen molar-refractivity contribution in [3.63, 3.8) is 0 Å². The van der Waals surface area contributed by atoms with E-state index in [4.69, 9.17) is 0 Å². The molecule has 2 heterocycles. The van der Waals surface area contributed by atoms with E-state index in [0.717, 1.165) is 35.4 Å². The highest BCUT2D eigenvalue weighted by Crippen LogP contribution is 2.31. The Kier molecular flexibility index (Phi) is 3.79. The van der Waals surface area contributed by atoms with Crippen molar-refractivity contribution in [1.82, 2.24) is 19.6 Å². The van der Waals surface area contributed by atoms with Crippen molar-refractivity contribution >= 4 is 17.9 Å². The summed E-state index contributed by atoms with van der Waals surface area (Å²) in [6, 6.07) is 3.84. The zero-order chi connectivity index (χ0) is 15.7. The first-order valence-corrected chi connectivity index (χ1v) is 7.46. The first-order valence-electron chi connectivity index (χ1n) is 7.46. The van der Waals surface area contributed by atoms with Gasteiger partial charge in [0.1, 0.15) is 0 Å². The molecule has 1 aliphatic carbocycles. The van der Waals surface area contributed by atoms with Gasteiger partial charge in [-0.2, -0.15) is 10.2 Å². The highest BCUT2D eigenvalue weighted by Gasteiger charge is 2.25. The predicted molar refractivity (Wildman–Crippen MR) is 85.8 cm³/mol. The van der Waals surface area contributed by atoms with Crippen LogP contribution in [-0.2, 0) is 18.9 Å². The van der Waals surface area contributed by atoms with Crippen LogP contribution in [0.25, 0.3) is 12.2 Å². The Hall–Kier alpha value is -2.43. The van der Waals surface area contributed by atoms with Gasteiger partial charge in [-0.15, -0.1) is 0 Å². The van der Waals surface area contributed by atoms with E-state index in [1.807, 2.05) is 38.4 Å². The maximum Gasteiger partial charge on any atom is 0.185 e. The molecule has 0 spiro atoms. The largest absolute Gasteiger partial charge is 0.289 e. The van der Waals surface area contributed by atoms with Gasteiger partial charge in [-0.05, 0) is 43.0 Å². The molecule has 1 fully saturated rings. The van der Waals surface area contributed by atoms with Crippen LogP contribution in [0.2, 0.25) is 0 Å². The number of rotatable bonds is 2. The molecule has 0 aromatic carbocycles. The lowest BCUT2D eigenvalue weighted by molar-refractivity contribution is -0.113. The molecule has 0 aliphatic heterocycles. The van der Waals surface area contributed by atoms with E-state index >= 15 is 0 Å². The summed E-state index contributed by atoms with van der Waals surface area (Å²) in [4.78, 5) is 12.8. The van der Waals surface area contributed by atoms with Gasteiger partial charge in [0.05, 0.1) is 11.4 Å². The summed E-state index contributed by atoms with van der Waals surface area (Å²) in [5.74, 6) is 0.595. The minimum Gasteiger partial charge on any atom is -0.289 e. The number of Topliss-reactive ketones (excluding diaryl/α,β-unsaturated/α-hetero) is 1. The smallest absolute Gasteiger partial charge is 0.185 e. The number of nitrogens with zero attached hydrogens (tertiary/aromatic N) is 4. The van der Waals surface area contributed by atoms with Crippen LogP contribution in [0.3, 0.4) is 0 Å². The van der Waals surface area contributed by atoms with E-state index in [9.17, 15) is 4.79 Å². The van der Waals surface area contributed by atoms with Gasteiger partial charge in [-0.25, -0.2) is 0 Å². The molecule has 0 radical (unpaired) electrons. The third-order valence-corrected chi connectivity index (χ3v) is 4.08. The highest BCUT2D eigenvalue weighted by atomic mass is 16.1. The van der Waals surface area contributed by atoms with Gasteiger partial charge >= 0.3 is 0 Å². The lowest BCUT2D eigenvalue weighted by atomic mass is 9.81. The SMILES string of the molecule is CC1C/C(=C/c2ccnn2C)C(=O)/C(=C\c2ccnn2C)C1. The molecule has 22 heavy (non-hydrogen) atoms. The van der Waals surface area contributed by atoms with Crippen LogP contribution < -0.4 is 0 Å². The standard InChI is InChI=1S/C17H20N4O/c1-12-8-13(10-15-4-6-18-20(15)2)17(22)14(9-12)11-16-5-7-19-21(16)3/h4-7,10-12H,8-9H2,1-3H3/b13-10-,14-11-. The molecule has 0 atom stereocenters. The first-order chi connectivity index (χ1) is 10.5. The normalized spacial score (nSPS) is 22.7. The molecule has 1 aliphatic rings. The number of aromatic nitrogens is 4. The average Bonchev–Trinajstić information content (AvgIpc) is 3.05. The number of carbonyl (C=O) groups is 1. The van der Waals surface area contributed by atoms with Crippen LogP contribution in [-0.4, -0.2) is 25.3 Å². The maximum atomic E-state index is 12.8. The van der Waals surface area contributed by atoms with Gasteiger partial charge in [0.25, 0.3) is 0 Å². The van der Waals surface area contributed by atoms with Crippen LogP contribution in [0, 0.1) is 5.92 Å². The molecule has 0 unspecified atom stereocenters. The molecule has 2 aromatic rings. The van der Waals surface area contributed by atoms with E-state index < -0.39 is 0 Å². The van der Waals surface area contributed by atoms with E-state index in [-0.39, 0.29) is 5.78 Å². The minimum atomic E-state index is 0.139. The average molecular weight is 296 g/mol. The lowest BCUT2D eigenvalue weighted by Crippen LogP contribution is -2.18. The molecule has 2 aromatic heterocycles. The van der Waals surface area contributed by atoms with Gasteiger partial charge in [-0.3, -0.25) is 14.2 Å². The number of ketones is 1. The summed E-state index contributed by atoms with van der Waals surface area (Å²) < 4.78 is 3.56.